The quantitative estimate of drug-likeness (QED) is 0.845. The fourth-order valence-corrected chi connectivity index (χ4v) is 2.53. The number of rotatable bonds is 2. The molecule has 0 aliphatic heterocycles. The van der Waals surface area contributed by atoms with Crippen LogP contribution in [-0.2, 0) is 11.2 Å². The van der Waals surface area contributed by atoms with Gasteiger partial charge in [-0.05, 0) is 31.4 Å². The lowest BCUT2D eigenvalue weighted by molar-refractivity contribution is -0.139. The van der Waals surface area contributed by atoms with E-state index in [-0.39, 0.29) is 0 Å². The van der Waals surface area contributed by atoms with Crippen molar-refractivity contribution in [2.45, 2.75) is 25.2 Å². The van der Waals surface area contributed by atoms with Crippen LogP contribution in [-0.4, -0.2) is 26.3 Å². The van der Waals surface area contributed by atoms with Gasteiger partial charge >= 0.3 is 5.97 Å². The summed E-state index contributed by atoms with van der Waals surface area (Å²) in [5.41, 5.74) is 3.16. The summed E-state index contributed by atoms with van der Waals surface area (Å²) in [5.74, 6) is -1.25. The van der Waals surface area contributed by atoms with Crippen LogP contribution in [0.3, 0.4) is 0 Å². The Morgan fingerprint density at radius 1 is 1.44 bits per heavy atom. The van der Waals surface area contributed by atoms with Crippen LogP contribution in [0.5, 0.6) is 0 Å². The fourth-order valence-electron chi connectivity index (χ4n) is 2.53. The molecule has 0 fully saturated rings. The third-order valence-corrected chi connectivity index (χ3v) is 3.36. The van der Waals surface area contributed by atoms with E-state index < -0.39 is 11.9 Å². The van der Waals surface area contributed by atoms with Gasteiger partial charge in [0.25, 0.3) is 0 Å². The molecule has 3 rings (SSSR count). The van der Waals surface area contributed by atoms with Crippen molar-refractivity contribution in [3.63, 3.8) is 0 Å². The van der Waals surface area contributed by atoms with Gasteiger partial charge in [-0.1, -0.05) is 6.07 Å². The molecule has 2 aromatic rings. The zero-order chi connectivity index (χ0) is 12.5. The zero-order valence-electron chi connectivity index (χ0n) is 9.76. The Bertz CT molecular complexity index is 577. The summed E-state index contributed by atoms with van der Waals surface area (Å²) in [5, 5.41) is 16.5. The maximum atomic E-state index is 11.3. The molecule has 0 spiro atoms. The van der Waals surface area contributed by atoms with Gasteiger partial charge in [0.05, 0.1) is 11.6 Å². The molecule has 0 saturated carbocycles. The topological polar surface area (TPSA) is 78.9 Å². The predicted octanol–water partition coefficient (Wildman–Crippen LogP) is 1.98. The van der Waals surface area contributed by atoms with Crippen LogP contribution < -0.4 is 0 Å². The Morgan fingerprint density at radius 3 is 3.06 bits per heavy atom. The molecule has 0 saturated heterocycles. The average molecular weight is 243 g/mol. The highest BCUT2D eigenvalue weighted by Crippen LogP contribution is 2.36. The van der Waals surface area contributed by atoms with Gasteiger partial charge in [0.15, 0.2) is 0 Å². The predicted molar refractivity (Wildman–Crippen MR) is 65.1 cm³/mol. The van der Waals surface area contributed by atoms with Gasteiger partial charge in [0.1, 0.15) is 5.69 Å². The molecule has 92 valence electrons. The van der Waals surface area contributed by atoms with E-state index in [0.29, 0.717) is 12.1 Å². The van der Waals surface area contributed by atoms with Gasteiger partial charge in [0.2, 0.25) is 0 Å². The van der Waals surface area contributed by atoms with Crippen molar-refractivity contribution >= 4 is 5.97 Å². The van der Waals surface area contributed by atoms with Crippen LogP contribution in [0.2, 0.25) is 0 Å². The first-order valence-electron chi connectivity index (χ1n) is 5.98. The number of carbonyl (C=O) groups is 1. The smallest absolute Gasteiger partial charge is 0.311 e. The number of pyridine rings is 1. The number of aromatic nitrogens is 3. The van der Waals surface area contributed by atoms with Crippen molar-refractivity contribution in [1.29, 1.82) is 0 Å². The third kappa shape index (κ3) is 1.68. The van der Waals surface area contributed by atoms with Crippen LogP contribution >= 0.6 is 0 Å². The number of nitrogens with zero attached hydrogens (tertiary/aromatic N) is 2. The van der Waals surface area contributed by atoms with Crippen molar-refractivity contribution in [1.82, 2.24) is 15.2 Å². The van der Waals surface area contributed by atoms with E-state index in [0.717, 1.165) is 29.8 Å². The molecule has 2 heterocycles. The number of aliphatic carboxylic acids is 1. The Kier molecular flexibility index (Phi) is 2.59. The van der Waals surface area contributed by atoms with Crippen LogP contribution in [0.15, 0.2) is 24.4 Å². The van der Waals surface area contributed by atoms with E-state index in [2.05, 4.69) is 15.2 Å². The minimum absolute atomic E-state index is 0.468. The van der Waals surface area contributed by atoms with E-state index >= 15 is 0 Å². The molecule has 0 radical (unpaired) electrons. The Hall–Kier alpha value is -2.17. The van der Waals surface area contributed by atoms with Gasteiger partial charge in [-0.15, -0.1) is 0 Å². The van der Waals surface area contributed by atoms with Crippen LogP contribution in [0.1, 0.15) is 30.0 Å². The van der Waals surface area contributed by atoms with E-state index in [1.165, 1.54) is 0 Å². The molecular formula is C13H13N3O2. The number of carboxylic acid groups (broad SMARTS) is 1. The molecule has 1 unspecified atom stereocenters. The summed E-state index contributed by atoms with van der Waals surface area (Å²) in [4.78, 5) is 15.6. The van der Waals surface area contributed by atoms with Gasteiger partial charge in [-0.25, -0.2) is 0 Å². The van der Waals surface area contributed by atoms with Gasteiger partial charge in [-0.2, -0.15) is 5.10 Å². The molecule has 2 aromatic heterocycles. The SMILES string of the molecule is O=C(O)C1CCCc2[nH]nc(-c3ccccn3)c21. The maximum absolute atomic E-state index is 11.3. The summed E-state index contributed by atoms with van der Waals surface area (Å²) in [6.45, 7) is 0. The number of fused-ring (bicyclic) bond motifs is 1. The number of hydrogen-bond acceptors (Lipinski definition) is 3. The fraction of sp³-hybridized carbons (Fsp3) is 0.308. The molecule has 1 aliphatic rings. The summed E-state index contributed by atoms with van der Waals surface area (Å²) in [6, 6.07) is 5.56. The van der Waals surface area contributed by atoms with E-state index in [1.54, 1.807) is 6.20 Å². The second kappa shape index (κ2) is 4.25. The standard InChI is InChI=1S/C13H13N3O2/c17-13(18)8-4-3-6-9-11(8)12(16-15-9)10-5-1-2-7-14-10/h1-2,5,7-8H,3-4,6H2,(H,15,16)(H,17,18). The lowest BCUT2D eigenvalue weighted by atomic mass is 9.85. The van der Waals surface area contributed by atoms with E-state index in [9.17, 15) is 9.90 Å². The number of hydrogen-bond donors (Lipinski definition) is 2. The van der Waals surface area contributed by atoms with Crippen molar-refractivity contribution in [2.75, 3.05) is 0 Å². The van der Waals surface area contributed by atoms with Gasteiger partial charge in [0, 0.05) is 17.5 Å². The maximum Gasteiger partial charge on any atom is 0.311 e. The lowest BCUT2D eigenvalue weighted by Gasteiger charge is -2.19. The molecular weight excluding hydrogens is 230 g/mol. The molecule has 2 N–H and O–H groups in total. The second-order valence-corrected chi connectivity index (χ2v) is 4.46. The third-order valence-electron chi connectivity index (χ3n) is 3.36. The number of H-pyrrole nitrogens is 1. The normalized spacial score (nSPS) is 18.3. The summed E-state index contributed by atoms with van der Waals surface area (Å²) in [6.07, 6.45) is 4.10. The monoisotopic (exact) mass is 243 g/mol. The average Bonchev–Trinajstić information content (AvgIpc) is 2.83. The highest BCUT2D eigenvalue weighted by atomic mass is 16.4. The first kappa shape index (κ1) is 11.0. The Morgan fingerprint density at radius 2 is 2.33 bits per heavy atom. The minimum Gasteiger partial charge on any atom is -0.481 e. The summed E-state index contributed by atoms with van der Waals surface area (Å²) in [7, 11) is 0. The molecule has 5 nitrogen and oxygen atoms in total. The number of nitrogens with one attached hydrogen (secondary N) is 1. The first-order chi connectivity index (χ1) is 8.77. The molecule has 18 heavy (non-hydrogen) atoms. The molecule has 1 aliphatic carbocycles. The van der Waals surface area contributed by atoms with Crippen molar-refractivity contribution in [3.8, 4) is 11.4 Å². The number of aryl methyl sites for hydroxylation is 1. The number of aromatic amines is 1. The highest BCUT2D eigenvalue weighted by Gasteiger charge is 2.31. The Balaban J connectivity index is 2.13. The van der Waals surface area contributed by atoms with Crippen molar-refractivity contribution < 1.29 is 9.90 Å². The first-order valence-corrected chi connectivity index (χ1v) is 5.98. The number of carboxylic acids is 1. The molecule has 5 heteroatoms. The van der Waals surface area contributed by atoms with Gasteiger partial charge < -0.3 is 5.11 Å². The molecule has 0 bridgehead atoms. The van der Waals surface area contributed by atoms with Crippen LogP contribution in [0, 0.1) is 0 Å². The lowest BCUT2D eigenvalue weighted by Crippen LogP contribution is -2.17. The molecule has 0 aromatic carbocycles. The highest BCUT2D eigenvalue weighted by molar-refractivity contribution is 5.80. The van der Waals surface area contributed by atoms with Crippen molar-refractivity contribution in [2.24, 2.45) is 0 Å². The van der Waals surface area contributed by atoms with E-state index in [4.69, 9.17) is 0 Å². The van der Waals surface area contributed by atoms with Gasteiger partial charge in [-0.3, -0.25) is 14.9 Å². The zero-order valence-corrected chi connectivity index (χ0v) is 9.76. The molecule has 0 amide bonds. The largest absolute Gasteiger partial charge is 0.481 e. The van der Waals surface area contributed by atoms with Crippen LogP contribution in [0.25, 0.3) is 11.4 Å². The van der Waals surface area contributed by atoms with Crippen molar-refractivity contribution in [3.05, 3.63) is 35.7 Å². The molecule has 1 atom stereocenters. The summed E-state index contributed by atoms with van der Waals surface area (Å²) >= 11 is 0. The summed E-state index contributed by atoms with van der Waals surface area (Å²) < 4.78 is 0. The minimum atomic E-state index is -0.783. The van der Waals surface area contributed by atoms with Crippen LogP contribution in [0.4, 0.5) is 0 Å². The van der Waals surface area contributed by atoms with E-state index in [1.807, 2.05) is 18.2 Å². The second-order valence-electron chi connectivity index (χ2n) is 4.46. The Labute approximate surface area is 104 Å².